The van der Waals surface area contributed by atoms with Crippen molar-refractivity contribution in [3.8, 4) is 0 Å². The van der Waals surface area contributed by atoms with Crippen LogP contribution in [0.2, 0.25) is 0 Å². The number of ether oxygens (including phenoxy) is 1. The van der Waals surface area contributed by atoms with E-state index < -0.39 is 0 Å². The maximum atomic E-state index is 5.74. The molecule has 1 N–H and O–H groups in total. The molecule has 0 saturated carbocycles. The monoisotopic (exact) mass is 241 g/mol. The number of nitrogens with one attached hydrogen (secondary N) is 1. The molecular formula is C13H20ClNO. The quantitative estimate of drug-likeness (QED) is 0.859. The zero-order valence-corrected chi connectivity index (χ0v) is 10.7. The smallest absolute Gasteiger partial charge is 0.112 e. The highest BCUT2D eigenvalue weighted by molar-refractivity contribution is 5.85. The molecule has 0 spiro atoms. The highest BCUT2D eigenvalue weighted by Crippen LogP contribution is 2.13. The van der Waals surface area contributed by atoms with Crippen LogP contribution in [0.1, 0.15) is 18.1 Å². The van der Waals surface area contributed by atoms with E-state index in [9.17, 15) is 0 Å². The molecule has 1 aromatic rings. The Morgan fingerprint density at radius 3 is 2.75 bits per heavy atom. The molecule has 0 amide bonds. The Kier molecular flexibility index (Phi) is 5.26. The Hall–Kier alpha value is -0.570. The second kappa shape index (κ2) is 6.24. The number of halogens is 1. The fraction of sp³-hybridized carbons (Fsp3) is 0.538. The van der Waals surface area contributed by atoms with Crippen LogP contribution in [0.25, 0.3) is 0 Å². The van der Waals surface area contributed by atoms with Crippen LogP contribution in [0.3, 0.4) is 0 Å². The summed E-state index contributed by atoms with van der Waals surface area (Å²) in [7, 11) is 0. The zero-order valence-electron chi connectivity index (χ0n) is 9.90. The molecule has 0 bridgehead atoms. The molecule has 2 atom stereocenters. The van der Waals surface area contributed by atoms with Gasteiger partial charge in [0, 0.05) is 13.0 Å². The standard InChI is InChI=1S/C13H19NO.ClH/c1-10-8-14-13(15-9-10)7-12-6-4-3-5-11(12)2;/h3-6,10,13-14H,7-9H2,1-2H3;1H. The second-order valence-electron chi connectivity index (χ2n) is 4.47. The summed E-state index contributed by atoms with van der Waals surface area (Å²) in [5.41, 5.74) is 2.73. The predicted molar refractivity (Wildman–Crippen MR) is 69.0 cm³/mol. The van der Waals surface area contributed by atoms with Crippen molar-refractivity contribution in [1.82, 2.24) is 5.32 Å². The van der Waals surface area contributed by atoms with E-state index in [0.29, 0.717) is 5.92 Å². The number of hydrogen-bond acceptors (Lipinski definition) is 2. The molecule has 1 aliphatic rings. The van der Waals surface area contributed by atoms with Crippen molar-refractivity contribution in [2.75, 3.05) is 13.2 Å². The predicted octanol–water partition coefficient (Wildman–Crippen LogP) is 2.54. The van der Waals surface area contributed by atoms with Crippen molar-refractivity contribution in [3.05, 3.63) is 35.4 Å². The Bertz CT molecular complexity index is 321. The van der Waals surface area contributed by atoms with Crippen molar-refractivity contribution in [3.63, 3.8) is 0 Å². The van der Waals surface area contributed by atoms with Gasteiger partial charge in [-0.1, -0.05) is 31.2 Å². The maximum Gasteiger partial charge on any atom is 0.112 e. The Labute approximate surface area is 104 Å². The van der Waals surface area contributed by atoms with Crippen LogP contribution in [-0.2, 0) is 11.2 Å². The number of rotatable bonds is 2. The average Bonchev–Trinajstić information content (AvgIpc) is 2.25. The fourth-order valence-electron chi connectivity index (χ4n) is 1.90. The summed E-state index contributed by atoms with van der Waals surface area (Å²) >= 11 is 0. The fourth-order valence-corrected chi connectivity index (χ4v) is 1.90. The van der Waals surface area contributed by atoms with Crippen LogP contribution in [0.15, 0.2) is 24.3 Å². The van der Waals surface area contributed by atoms with Gasteiger partial charge in [-0.25, -0.2) is 0 Å². The first-order valence-electron chi connectivity index (χ1n) is 5.65. The van der Waals surface area contributed by atoms with Gasteiger partial charge in [0.2, 0.25) is 0 Å². The van der Waals surface area contributed by atoms with Gasteiger partial charge in [-0.05, 0) is 24.0 Å². The molecule has 3 heteroatoms. The average molecular weight is 242 g/mol. The third-order valence-corrected chi connectivity index (χ3v) is 2.94. The molecule has 0 aliphatic carbocycles. The third kappa shape index (κ3) is 3.48. The van der Waals surface area contributed by atoms with Gasteiger partial charge in [0.15, 0.2) is 0 Å². The molecule has 1 fully saturated rings. The van der Waals surface area contributed by atoms with Gasteiger partial charge < -0.3 is 4.74 Å². The largest absolute Gasteiger partial charge is 0.363 e. The lowest BCUT2D eigenvalue weighted by Gasteiger charge is -2.28. The Morgan fingerprint density at radius 2 is 2.12 bits per heavy atom. The molecule has 2 nitrogen and oxygen atoms in total. The first-order valence-corrected chi connectivity index (χ1v) is 5.65. The van der Waals surface area contributed by atoms with Crippen molar-refractivity contribution in [2.24, 2.45) is 5.92 Å². The summed E-state index contributed by atoms with van der Waals surface area (Å²) in [6, 6.07) is 8.50. The van der Waals surface area contributed by atoms with Gasteiger partial charge in [-0.3, -0.25) is 5.32 Å². The van der Waals surface area contributed by atoms with Gasteiger partial charge in [0.1, 0.15) is 6.23 Å². The molecule has 1 aliphatic heterocycles. The molecule has 1 saturated heterocycles. The van der Waals surface area contributed by atoms with Crippen molar-refractivity contribution in [1.29, 1.82) is 0 Å². The highest BCUT2D eigenvalue weighted by Gasteiger charge is 2.18. The van der Waals surface area contributed by atoms with Gasteiger partial charge in [-0.15, -0.1) is 12.4 Å². The maximum absolute atomic E-state index is 5.74. The first-order chi connectivity index (χ1) is 7.25. The topological polar surface area (TPSA) is 21.3 Å². The second-order valence-corrected chi connectivity index (χ2v) is 4.47. The molecule has 90 valence electrons. The lowest BCUT2D eigenvalue weighted by atomic mass is 10.0. The first kappa shape index (κ1) is 13.5. The van der Waals surface area contributed by atoms with Gasteiger partial charge in [-0.2, -0.15) is 0 Å². The summed E-state index contributed by atoms with van der Waals surface area (Å²) < 4.78 is 5.74. The minimum Gasteiger partial charge on any atom is -0.363 e. The molecule has 1 aromatic carbocycles. The molecule has 2 unspecified atom stereocenters. The molecule has 0 radical (unpaired) electrons. The Morgan fingerprint density at radius 1 is 1.38 bits per heavy atom. The van der Waals surface area contributed by atoms with Crippen LogP contribution >= 0.6 is 12.4 Å². The van der Waals surface area contributed by atoms with E-state index in [1.54, 1.807) is 0 Å². The molecule has 16 heavy (non-hydrogen) atoms. The van der Waals surface area contributed by atoms with Crippen LogP contribution in [-0.4, -0.2) is 19.4 Å². The summed E-state index contributed by atoms with van der Waals surface area (Å²) in [6.07, 6.45) is 1.17. The Balaban J connectivity index is 0.00000128. The SMILES string of the molecule is Cc1ccccc1CC1NCC(C)CO1.Cl. The zero-order chi connectivity index (χ0) is 10.7. The normalized spacial score (nSPS) is 24.9. The van der Waals surface area contributed by atoms with Crippen molar-refractivity contribution < 1.29 is 4.74 Å². The minimum absolute atomic E-state index is 0. The lowest BCUT2D eigenvalue weighted by molar-refractivity contribution is -0.0228. The van der Waals surface area contributed by atoms with E-state index in [1.807, 2.05) is 0 Å². The summed E-state index contributed by atoms with van der Waals surface area (Å²) in [5, 5.41) is 3.42. The lowest BCUT2D eigenvalue weighted by Crippen LogP contribution is -2.43. The van der Waals surface area contributed by atoms with Crippen LogP contribution in [0.4, 0.5) is 0 Å². The van der Waals surface area contributed by atoms with E-state index in [2.05, 4.69) is 43.4 Å². The minimum atomic E-state index is 0. The number of hydrogen-bond donors (Lipinski definition) is 1. The summed E-state index contributed by atoms with van der Waals surface area (Å²) in [5.74, 6) is 0.637. The summed E-state index contributed by atoms with van der Waals surface area (Å²) in [4.78, 5) is 0. The van der Waals surface area contributed by atoms with E-state index in [-0.39, 0.29) is 18.6 Å². The van der Waals surface area contributed by atoms with Gasteiger partial charge >= 0.3 is 0 Å². The van der Waals surface area contributed by atoms with Gasteiger partial charge in [0.05, 0.1) is 6.61 Å². The van der Waals surface area contributed by atoms with Crippen LogP contribution in [0, 0.1) is 12.8 Å². The number of aryl methyl sites for hydroxylation is 1. The number of benzene rings is 1. The van der Waals surface area contributed by atoms with Gasteiger partial charge in [0.25, 0.3) is 0 Å². The highest BCUT2D eigenvalue weighted by atomic mass is 35.5. The molecule has 0 aromatic heterocycles. The van der Waals surface area contributed by atoms with E-state index >= 15 is 0 Å². The molecular weight excluding hydrogens is 222 g/mol. The van der Waals surface area contributed by atoms with E-state index in [1.165, 1.54) is 11.1 Å². The molecule has 2 rings (SSSR count). The van der Waals surface area contributed by atoms with E-state index in [4.69, 9.17) is 4.74 Å². The summed E-state index contributed by atoms with van der Waals surface area (Å²) in [6.45, 7) is 6.30. The third-order valence-electron chi connectivity index (χ3n) is 2.94. The molecule has 1 heterocycles. The van der Waals surface area contributed by atoms with Crippen LogP contribution < -0.4 is 5.32 Å². The van der Waals surface area contributed by atoms with Crippen molar-refractivity contribution in [2.45, 2.75) is 26.5 Å². The van der Waals surface area contributed by atoms with Crippen molar-refractivity contribution >= 4 is 12.4 Å². The van der Waals surface area contributed by atoms with Crippen LogP contribution in [0.5, 0.6) is 0 Å². The van der Waals surface area contributed by atoms with E-state index in [0.717, 1.165) is 19.6 Å².